The molecule has 2 aromatic rings. The fourth-order valence-electron chi connectivity index (χ4n) is 3.10. The van der Waals surface area contributed by atoms with Crippen LogP contribution in [0.1, 0.15) is 6.42 Å². The Labute approximate surface area is 133 Å². The van der Waals surface area contributed by atoms with Gasteiger partial charge in [-0.15, -0.1) is 0 Å². The highest BCUT2D eigenvalue weighted by molar-refractivity contribution is 6.35. The van der Waals surface area contributed by atoms with Crippen LogP contribution in [-0.4, -0.2) is 6.17 Å². The summed E-state index contributed by atoms with van der Waals surface area (Å²) in [5.41, 5.74) is 2.30. The monoisotopic (exact) mass is 316 g/mol. The molecule has 0 radical (unpaired) electrons. The summed E-state index contributed by atoms with van der Waals surface area (Å²) in [6.45, 7) is 0. The van der Waals surface area contributed by atoms with Gasteiger partial charge in [0.25, 0.3) is 0 Å². The number of hydrogen-bond donors (Lipinski definition) is 2. The minimum Gasteiger partial charge on any atom is -0.364 e. The molecule has 1 atom stereocenters. The van der Waals surface area contributed by atoms with Gasteiger partial charge >= 0.3 is 0 Å². The quantitative estimate of drug-likeness (QED) is 0.749. The van der Waals surface area contributed by atoms with Crippen LogP contribution in [0.25, 0.3) is 10.8 Å². The molecule has 2 aromatic carbocycles. The van der Waals surface area contributed by atoms with Crippen molar-refractivity contribution in [1.82, 2.24) is 0 Å². The summed E-state index contributed by atoms with van der Waals surface area (Å²) in [4.78, 5) is 0. The molecule has 2 N–H and O–H groups in total. The Morgan fingerprint density at radius 1 is 0.952 bits per heavy atom. The van der Waals surface area contributed by atoms with Crippen LogP contribution in [0.3, 0.4) is 0 Å². The molecule has 4 rings (SSSR count). The van der Waals surface area contributed by atoms with Gasteiger partial charge in [-0.2, -0.15) is 0 Å². The minimum atomic E-state index is 0.0651. The van der Waals surface area contributed by atoms with E-state index in [9.17, 15) is 0 Å². The molecule has 1 aliphatic heterocycles. The van der Waals surface area contributed by atoms with Crippen LogP contribution >= 0.6 is 23.2 Å². The summed E-state index contributed by atoms with van der Waals surface area (Å²) < 4.78 is 0. The van der Waals surface area contributed by atoms with E-state index in [0.29, 0.717) is 0 Å². The first-order valence-electron chi connectivity index (χ1n) is 7.00. The van der Waals surface area contributed by atoms with Crippen molar-refractivity contribution in [2.45, 2.75) is 12.6 Å². The maximum atomic E-state index is 6.40. The predicted molar refractivity (Wildman–Crippen MR) is 91.0 cm³/mol. The maximum absolute atomic E-state index is 6.40. The highest BCUT2D eigenvalue weighted by Gasteiger charge is 2.29. The first-order valence-corrected chi connectivity index (χ1v) is 7.75. The lowest BCUT2D eigenvalue weighted by molar-refractivity contribution is 0.566. The van der Waals surface area contributed by atoms with Crippen LogP contribution in [0.5, 0.6) is 0 Å². The van der Waals surface area contributed by atoms with E-state index in [4.69, 9.17) is 23.2 Å². The molecule has 106 valence electrons. The Balaban J connectivity index is 1.73. The van der Waals surface area contributed by atoms with Crippen molar-refractivity contribution >= 4 is 45.3 Å². The smallest absolute Gasteiger partial charge is 0.105 e. The third kappa shape index (κ3) is 2.19. The highest BCUT2D eigenvalue weighted by Crippen LogP contribution is 2.39. The summed E-state index contributed by atoms with van der Waals surface area (Å²) >= 11 is 12.4. The average Bonchev–Trinajstić information content (AvgIpc) is 2.47. The molecule has 2 aliphatic rings. The van der Waals surface area contributed by atoms with Gasteiger partial charge in [-0.1, -0.05) is 53.5 Å². The predicted octanol–water partition coefficient (Wildman–Crippen LogP) is 5.27. The number of benzene rings is 2. The number of nitrogens with one attached hydrogen (secondary N) is 2. The standard InChI is InChI=1S/C17H14Cl2N2/c18-11-7-8-12(13(19)9-11)17-20-14-5-1-3-10-4-2-6-15(21-17)16(10)14/h1-7,9,12,17,20-21H,8H2. The third-order valence-corrected chi connectivity index (χ3v) is 4.78. The highest BCUT2D eigenvalue weighted by atomic mass is 35.5. The average molecular weight is 317 g/mol. The number of hydrogen-bond acceptors (Lipinski definition) is 2. The Kier molecular flexibility index (Phi) is 3.09. The molecule has 4 heteroatoms. The van der Waals surface area contributed by atoms with Crippen LogP contribution in [-0.2, 0) is 0 Å². The van der Waals surface area contributed by atoms with Gasteiger partial charge in [-0.05, 0) is 30.0 Å². The lowest BCUT2D eigenvalue weighted by Gasteiger charge is -2.35. The van der Waals surface area contributed by atoms with Gasteiger partial charge in [0.05, 0.1) is 0 Å². The molecular formula is C17H14Cl2N2. The van der Waals surface area contributed by atoms with E-state index in [-0.39, 0.29) is 12.1 Å². The minimum absolute atomic E-state index is 0.0651. The topological polar surface area (TPSA) is 24.1 Å². The van der Waals surface area contributed by atoms with Crippen LogP contribution in [0.4, 0.5) is 11.4 Å². The molecule has 0 amide bonds. The van der Waals surface area contributed by atoms with E-state index in [2.05, 4.69) is 47.0 Å². The van der Waals surface area contributed by atoms with Crippen molar-refractivity contribution in [2.24, 2.45) is 5.92 Å². The molecule has 0 saturated carbocycles. The normalized spacial score (nSPS) is 21.3. The second kappa shape index (κ2) is 4.97. The SMILES string of the molecule is ClC1=CCC(C2Nc3cccc4cccc(c34)N2)C(Cl)=C1. The van der Waals surface area contributed by atoms with Crippen molar-refractivity contribution in [3.8, 4) is 0 Å². The van der Waals surface area contributed by atoms with Crippen molar-refractivity contribution in [3.05, 3.63) is 58.6 Å². The zero-order valence-corrected chi connectivity index (χ0v) is 12.7. The molecule has 1 aliphatic carbocycles. The van der Waals surface area contributed by atoms with Gasteiger partial charge in [-0.3, -0.25) is 0 Å². The van der Waals surface area contributed by atoms with Crippen LogP contribution < -0.4 is 10.6 Å². The summed E-state index contributed by atoms with van der Waals surface area (Å²) in [5, 5.41) is 11.1. The summed E-state index contributed by atoms with van der Waals surface area (Å²) in [5.74, 6) is 0.178. The fraction of sp³-hybridized carbons (Fsp3) is 0.176. The summed E-state index contributed by atoms with van der Waals surface area (Å²) in [7, 11) is 0. The van der Waals surface area contributed by atoms with Gasteiger partial charge in [0.2, 0.25) is 0 Å². The maximum Gasteiger partial charge on any atom is 0.105 e. The molecule has 2 nitrogen and oxygen atoms in total. The summed E-state index contributed by atoms with van der Waals surface area (Å²) in [6, 6.07) is 12.6. The van der Waals surface area contributed by atoms with Crippen LogP contribution in [0.15, 0.2) is 58.6 Å². The van der Waals surface area contributed by atoms with E-state index >= 15 is 0 Å². The largest absolute Gasteiger partial charge is 0.364 e. The molecule has 0 fully saturated rings. The molecule has 1 heterocycles. The third-order valence-electron chi connectivity index (χ3n) is 4.13. The summed E-state index contributed by atoms with van der Waals surface area (Å²) in [6.07, 6.45) is 4.75. The zero-order chi connectivity index (χ0) is 14.4. The number of anilines is 2. The van der Waals surface area contributed by atoms with E-state index < -0.39 is 0 Å². The van der Waals surface area contributed by atoms with E-state index in [1.165, 1.54) is 10.8 Å². The molecular weight excluding hydrogens is 303 g/mol. The Morgan fingerprint density at radius 2 is 1.62 bits per heavy atom. The second-order valence-corrected chi connectivity index (χ2v) is 6.31. The number of allylic oxidation sites excluding steroid dienone is 3. The zero-order valence-electron chi connectivity index (χ0n) is 11.2. The molecule has 0 spiro atoms. The molecule has 0 aromatic heterocycles. The first-order chi connectivity index (χ1) is 10.2. The first kappa shape index (κ1) is 13.1. The molecule has 1 unspecified atom stereocenters. The Hall–Kier alpha value is -1.64. The van der Waals surface area contributed by atoms with E-state index in [0.717, 1.165) is 27.9 Å². The van der Waals surface area contributed by atoms with Crippen molar-refractivity contribution < 1.29 is 0 Å². The number of rotatable bonds is 1. The van der Waals surface area contributed by atoms with E-state index in [1.807, 2.05) is 12.2 Å². The Bertz CT molecular complexity index is 739. The Morgan fingerprint density at radius 3 is 2.24 bits per heavy atom. The molecule has 0 bridgehead atoms. The van der Waals surface area contributed by atoms with Crippen molar-refractivity contribution in [3.63, 3.8) is 0 Å². The number of halogens is 2. The van der Waals surface area contributed by atoms with Gasteiger partial charge in [0, 0.05) is 32.7 Å². The van der Waals surface area contributed by atoms with Crippen molar-refractivity contribution in [1.29, 1.82) is 0 Å². The lowest BCUT2D eigenvalue weighted by Crippen LogP contribution is -2.39. The fourth-order valence-corrected chi connectivity index (χ4v) is 3.69. The second-order valence-electron chi connectivity index (χ2n) is 5.44. The van der Waals surface area contributed by atoms with Crippen LogP contribution in [0, 0.1) is 5.92 Å². The van der Waals surface area contributed by atoms with Gasteiger partial charge in [-0.25, -0.2) is 0 Å². The lowest BCUT2D eigenvalue weighted by atomic mass is 9.94. The van der Waals surface area contributed by atoms with E-state index in [1.54, 1.807) is 0 Å². The molecule has 21 heavy (non-hydrogen) atoms. The van der Waals surface area contributed by atoms with Gasteiger partial charge in [0.1, 0.15) is 6.17 Å². The van der Waals surface area contributed by atoms with Crippen molar-refractivity contribution in [2.75, 3.05) is 10.6 Å². The van der Waals surface area contributed by atoms with Gasteiger partial charge < -0.3 is 10.6 Å². The van der Waals surface area contributed by atoms with Crippen LogP contribution in [0.2, 0.25) is 0 Å². The van der Waals surface area contributed by atoms with Gasteiger partial charge in [0.15, 0.2) is 0 Å². The molecule has 0 saturated heterocycles.